The number of alkyl halides is 3. The van der Waals surface area contributed by atoms with Crippen molar-refractivity contribution in [1.82, 2.24) is 9.80 Å². The Hall–Kier alpha value is -2.84. The summed E-state index contributed by atoms with van der Waals surface area (Å²) in [7, 11) is -5.85. The highest BCUT2D eigenvalue weighted by atomic mass is 32.2. The van der Waals surface area contributed by atoms with Crippen molar-refractivity contribution in [3.8, 4) is 23.0 Å². The molecule has 0 unspecified atom stereocenters. The molecule has 0 saturated heterocycles. The van der Waals surface area contributed by atoms with E-state index in [1.807, 2.05) is 0 Å². The van der Waals surface area contributed by atoms with Gasteiger partial charge in [-0.3, -0.25) is 9.80 Å². The van der Waals surface area contributed by atoms with E-state index in [0.717, 1.165) is 57.1 Å². The van der Waals surface area contributed by atoms with Gasteiger partial charge in [0, 0.05) is 47.4 Å². The van der Waals surface area contributed by atoms with Gasteiger partial charge >= 0.3 is 15.6 Å². The van der Waals surface area contributed by atoms with E-state index in [0.29, 0.717) is 42.8 Å². The normalized spacial score (nSPS) is 24.5. The summed E-state index contributed by atoms with van der Waals surface area (Å²) in [6, 6.07) is 6.69. The summed E-state index contributed by atoms with van der Waals surface area (Å²) in [6.45, 7) is 0.757. The van der Waals surface area contributed by atoms with E-state index in [4.69, 9.17) is 9.47 Å². The molecule has 51 heavy (non-hydrogen) atoms. The monoisotopic (exact) mass is 742 g/mol. The fourth-order valence-electron chi connectivity index (χ4n) is 9.01. The second kappa shape index (κ2) is 14.9. The van der Waals surface area contributed by atoms with Crippen LogP contribution in [0.3, 0.4) is 0 Å². The van der Waals surface area contributed by atoms with Crippen LogP contribution in [0.1, 0.15) is 101 Å². The van der Waals surface area contributed by atoms with E-state index >= 15 is 0 Å². The van der Waals surface area contributed by atoms with Crippen molar-refractivity contribution in [3.63, 3.8) is 0 Å². The molecule has 2 aliphatic heterocycles. The SMILES string of the molecule is O=S(=O)(Oc1ccc(F)c2c1C[C@@H](N(C1CCCC1)C1CCC1)CO2)C(F)(F)F.Oc1ccc(F)c2c1C[C@@H](N(C1CCCC1)C1CCC1)CO2. The smallest absolute Gasteiger partial charge is 0.508 e. The molecule has 2 atom stereocenters. The molecule has 2 heterocycles. The Morgan fingerprint density at radius 1 is 0.627 bits per heavy atom. The van der Waals surface area contributed by atoms with Gasteiger partial charge in [-0.2, -0.15) is 21.6 Å². The number of halogens is 5. The van der Waals surface area contributed by atoms with Crippen LogP contribution in [-0.2, 0) is 23.0 Å². The Kier molecular flexibility index (Phi) is 10.7. The molecule has 4 saturated carbocycles. The van der Waals surface area contributed by atoms with Crippen molar-refractivity contribution in [1.29, 1.82) is 0 Å². The number of ether oxygens (including phenoxy) is 2. The van der Waals surface area contributed by atoms with E-state index in [1.165, 1.54) is 57.1 Å². The molecular weight excluding hydrogens is 695 g/mol. The molecule has 0 bridgehead atoms. The first kappa shape index (κ1) is 36.5. The summed E-state index contributed by atoms with van der Waals surface area (Å²) in [4.78, 5) is 5.04. The van der Waals surface area contributed by atoms with Crippen LogP contribution >= 0.6 is 0 Å². The average Bonchev–Trinajstić information content (AvgIpc) is 3.79. The van der Waals surface area contributed by atoms with Crippen LogP contribution in [0.2, 0.25) is 0 Å². The molecule has 4 aliphatic carbocycles. The van der Waals surface area contributed by atoms with E-state index in [9.17, 15) is 35.5 Å². The minimum Gasteiger partial charge on any atom is -0.508 e. The van der Waals surface area contributed by atoms with Crippen LogP contribution in [0.25, 0.3) is 0 Å². The predicted molar refractivity (Wildman–Crippen MR) is 180 cm³/mol. The number of benzene rings is 2. The molecule has 0 amide bonds. The number of phenols is 1. The molecule has 2 aromatic rings. The van der Waals surface area contributed by atoms with Crippen LogP contribution in [0, 0.1) is 11.6 Å². The summed E-state index contributed by atoms with van der Waals surface area (Å²) in [6.07, 6.45) is 17.5. The lowest BCUT2D eigenvalue weighted by Crippen LogP contribution is -2.55. The summed E-state index contributed by atoms with van der Waals surface area (Å²) < 4.78 is 105. The summed E-state index contributed by atoms with van der Waals surface area (Å²) in [5.74, 6) is -1.43. The van der Waals surface area contributed by atoms with Crippen molar-refractivity contribution in [2.75, 3.05) is 13.2 Å². The van der Waals surface area contributed by atoms with Crippen LogP contribution < -0.4 is 13.7 Å². The predicted octanol–water partition coefficient (Wildman–Crippen LogP) is 7.79. The second-order valence-corrected chi connectivity index (χ2v) is 16.5. The fraction of sp³-hybridized carbons (Fsp3) is 0.676. The van der Waals surface area contributed by atoms with Crippen molar-refractivity contribution in [2.24, 2.45) is 0 Å². The molecule has 0 spiro atoms. The van der Waals surface area contributed by atoms with Gasteiger partial charge in [-0.05, 0) is 88.5 Å². The Bertz CT molecular complexity index is 1660. The number of rotatable bonds is 8. The maximum Gasteiger partial charge on any atom is 0.534 e. The van der Waals surface area contributed by atoms with Crippen LogP contribution in [0.4, 0.5) is 22.0 Å². The van der Waals surface area contributed by atoms with Gasteiger partial charge in [0.15, 0.2) is 23.1 Å². The topological polar surface area (TPSA) is 88.5 Å². The standard InChI is InChI=1S/C19H23F4NO4S.C18H24FNO2/c20-16-8-9-17(28-29(25,26)19(21,22)23)15-10-14(11-27-18(15)16)24(13-6-3-7-13)12-4-1-2-5-12;19-16-8-9-17(21)15-10-14(11-22-18(15)16)20(13-6-3-7-13)12-4-1-2-5-12/h8-9,12-14H,1-7,10-11H2;8-9,12-14,21H,1-7,10-11H2/t2*14-/m11/s1. The Balaban J connectivity index is 0.000000165. The third-order valence-corrected chi connectivity index (χ3v) is 12.9. The largest absolute Gasteiger partial charge is 0.534 e. The minimum atomic E-state index is -5.85. The highest BCUT2D eigenvalue weighted by Crippen LogP contribution is 2.43. The van der Waals surface area contributed by atoms with Crippen LogP contribution in [0.5, 0.6) is 23.0 Å². The number of hydrogen-bond donors (Lipinski definition) is 1. The van der Waals surface area contributed by atoms with Gasteiger partial charge in [-0.15, -0.1) is 0 Å². The van der Waals surface area contributed by atoms with E-state index in [-0.39, 0.29) is 53.7 Å². The van der Waals surface area contributed by atoms with Gasteiger partial charge in [0.1, 0.15) is 24.7 Å². The van der Waals surface area contributed by atoms with Crippen molar-refractivity contribution < 1.29 is 49.1 Å². The number of hydrogen-bond acceptors (Lipinski definition) is 8. The van der Waals surface area contributed by atoms with Gasteiger partial charge < -0.3 is 18.8 Å². The minimum absolute atomic E-state index is 0.0383. The third kappa shape index (κ3) is 7.51. The molecule has 0 radical (unpaired) electrons. The van der Waals surface area contributed by atoms with Gasteiger partial charge in [-0.25, -0.2) is 8.78 Å². The van der Waals surface area contributed by atoms with Crippen molar-refractivity contribution in [2.45, 2.75) is 144 Å². The third-order valence-electron chi connectivity index (χ3n) is 11.9. The molecule has 8 rings (SSSR count). The first-order valence-corrected chi connectivity index (χ1v) is 19.9. The van der Waals surface area contributed by atoms with E-state index < -0.39 is 27.2 Å². The number of fused-ring (bicyclic) bond motifs is 2. The zero-order chi connectivity index (χ0) is 35.9. The average molecular weight is 743 g/mol. The highest BCUT2D eigenvalue weighted by molar-refractivity contribution is 7.88. The zero-order valence-electron chi connectivity index (χ0n) is 28.7. The molecule has 282 valence electrons. The van der Waals surface area contributed by atoms with Gasteiger partial charge in [0.2, 0.25) is 0 Å². The zero-order valence-corrected chi connectivity index (χ0v) is 29.5. The van der Waals surface area contributed by atoms with E-state index in [1.54, 1.807) is 0 Å². The Labute approximate surface area is 296 Å². The van der Waals surface area contributed by atoms with Crippen LogP contribution in [-0.4, -0.2) is 78.3 Å². The molecule has 4 fully saturated rings. The molecule has 0 aromatic heterocycles. The molecular formula is C37H47F5N2O6S. The Morgan fingerprint density at radius 2 is 1.04 bits per heavy atom. The first-order valence-electron chi connectivity index (χ1n) is 18.5. The molecule has 8 nitrogen and oxygen atoms in total. The lowest BCUT2D eigenvalue weighted by Gasteiger charge is -2.47. The maximum absolute atomic E-state index is 14.2. The molecule has 14 heteroatoms. The second-order valence-electron chi connectivity index (χ2n) is 15.0. The van der Waals surface area contributed by atoms with Gasteiger partial charge in [0.25, 0.3) is 0 Å². The van der Waals surface area contributed by atoms with Gasteiger partial charge in [-0.1, -0.05) is 38.5 Å². The number of phenolic OH excluding ortho intramolecular Hbond substituents is 1. The highest BCUT2D eigenvalue weighted by Gasteiger charge is 2.49. The summed E-state index contributed by atoms with van der Waals surface area (Å²) >= 11 is 0. The first-order chi connectivity index (χ1) is 24.4. The van der Waals surface area contributed by atoms with Crippen molar-refractivity contribution in [3.05, 3.63) is 47.0 Å². The lowest BCUT2D eigenvalue weighted by molar-refractivity contribution is -0.0500. The van der Waals surface area contributed by atoms with Crippen LogP contribution in [0.15, 0.2) is 24.3 Å². The molecule has 2 aromatic carbocycles. The van der Waals surface area contributed by atoms with Gasteiger partial charge in [0.05, 0.1) is 0 Å². The molecule has 6 aliphatic rings. The van der Waals surface area contributed by atoms with Crippen molar-refractivity contribution >= 4 is 10.1 Å². The number of aromatic hydroxyl groups is 1. The lowest BCUT2D eigenvalue weighted by atomic mass is 9.87. The quantitative estimate of drug-likeness (QED) is 0.167. The fourth-order valence-corrected chi connectivity index (χ4v) is 9.50. The summed E-state index contributed by atoms with van der Waals surface area (Å²) in [5.41, 5.74) is -4.87. The molecule has 1 N–H and O–H groups in total. The Morgan fingerprint density at radius 3 is 1.47 bits per heavy atom. The maximum atomic E-state index is 14.2. The van der Waals surface area contributed by atoms with E-state index in [2.05, 4.69) is 14.0 Å². The number of nitrogens with zero attached hydrogens (tertiary/aromatic N) is 2. The summed E-state index contributed by atoms with van der Waals surface area (Å²) in [5, 5.41) is 10.1.